The van der Waals surface area contributed by atoms with Crippen molar-refractivity contribution in [1.29, 1.82) is 0 Å². The molecule has 0 spiro atoms. The van der Waals surface area contributed by atoms with Crippen LogP contribution < -0.4 is 20.1 Å². The number of methoxy groups -OCH3 is 2. The second-order valence-corrected chi connectivity index (χ2v) is 6.56. The second-order valence-electron chi connectivity index (χ2n) is 6.56. The zero-order valence-corrected chi connectivity index (χ0v) is 17.8. The number of phenolic OH excluding ortho intramolecular Hbond substituents is 1. The van der Waals surface area contributed by atoms with E-state index in [0.717, 1.165) is 13.2 Å². The van der Waals surface area contributed by atoms with Crippen LogP contribution >= 0.6 is 0 Å². The van der Waals surface area contributed by atoms with Crippen LogP contribution in [-0.2, 0) is 4.79 Å². The quantitative estimate of drug-likeness (QED) is 0.167. The van der Waals surface area contributed by atoms with E-state index in [2.05, 4.69) is 25.6 Å². The highest BCUT2D eigenvalue weighted by molar-refractivity contribution is 5.94. The molecule has 15 nitrogen and oxygen atoms in total. The van der Waals surface area contributed by atoms with Crippen LogP contribution in [0.3, 0.4) is 0 Å². The van der Waals surface area contributed by atoms with Gasteiger partial charge >= 0.3 is 11.4 Å². The number of anilines is 1. The molecule has 0 aliphatic rings. The Morgan fingerprint density at radius 3 is 2.53 bits per heavy atom. The molecule has 3 rings (SSSR count). The van der Waals surface area contributed by atoms with Crippen molar-refractivity contribution in [3.05, 3.63) is 50.1 Å². The number of rotatable bonds is 10. The van der Waals surface area contributed by atoms with Crippen molar-refractivity contribution in [3.8, 4) is 17.2 Å². The second kappa shape index (κ2) is 10.1. The van der Waals surface area contributed by atoms with Crippen LogP contribution in [0.2, 0.25) is 0 Å². The molecule has 0 fully saturated rings. The summed E-state index contributed by atoms with van der Waals surface area (Å²) in [7, 11) is 2.42. The third kappa shape index (κ3) is 4.77. The highest BCUT2D eigenvalue weighted by atomic mass is 16.6. The Hall–Kier alpha value is -4.95. The lowest BCUT2D eigenvalue weighted by Crippen LogP contribution is -2.27. The number of fused-ring (bicyclic) bond motifs is 1. The Labute approximate surface area is 190 Å². The molecule has 0 saturated carbocycles. The number of benzene rings is 2. The monoisotopic (exact) mass is 474 g/mol. The highest BCUT2D eigenvalue weighted by Crippen LogP contribution is 2.45. The van der Waals surface area contributed by atoms with Crippen molar-refractivity contribution < 1.29 is 33.9 Å². The van der Waals surface area contributed by atoms with Crippen LogP contribution in [0.4, 0.5) is 17.1 Å². The third-order valence-corrected chi connectivity index (χ3v) is 4.57. The average molecular weight is 474 g/mol. The van der Waals surface area contributed by atoms with E-state index in [-0.39, 0.29) is 41.1 Å². The number of hydrogen-bond acceptors (Lipinski definition) is 12. The van der Waals surface area contributed by atoms with E-state index in [1.165, 1.54) is 31.4 Å². The van der Waals surface area contributed by atoms with Crippen molar-refractivity contribution in [2.45, 2.75) is 0 Å². The van der Waals surface area contributed by atoms with Gasteiger partial charge in [0.1, 0.15) is 0 Å². The topological polar surface area (TPSA) is 205 Å². The molecular weight excluding hydrogens is 456 g/mol. The maximum atomic E-state index is 12.2. The van der Waals surface area contributed by atoms with Crippen molar-refractivity contribution in [2.24, 2.45) is 0 Å². The van der Waals surface area contributed by atoms with Crippen molar-refractivity contribution in [1.82, 2.24) is 15.6 Å². The Morgan fingerprint density at radius 2 is 1.88 bits per heavy atom. The van der Waals surface area contributed by atoms with Crippen molar-refractivity contribution in [2.75, 3.05) is 32.6 Å². The first kappa shape index (κ1) is 23.7. The van der Waals surface area contributed by atoms with E-state index in [1.54, 1.807) is 0 Å². The van der Waals surface area contributed by atoms with Crippen LogP contribution in [0.5, 0.6) is 17.2 Å². The van der Waals surface area contributed by atoms with Gasteiger partial charge in [-0.2, -0.15) is 0 Å². The molecule has 15 heteroatoms. The molecule has 34 heavy (non-hydrogen) atoms. The van der Waals surface area contributed by atoms with Crippen molar-refractivity contribution >= 4 is 40.1 Å². The first-order valence-electron chi connectivity index (χ1n) is 9.50. The van der Waals surface area contributed by atoms with E-state index >= 15 is 0 Å². The SMILES string of the molecule is COc1cc(/C=C/C(=O)NCCNc2ccc([N+](=O)[O-])c3nonc23)c([N+](=O)[O-])c(OC)c1O. The van der Waals surface area contributed by atoms with Gasteiger partial charge in [-0.25, -0.2) is 4.63 Å². The molecule has 0 unspecified atom stereocenters. The number of hydrogen-bond donors (Lipinski definition) is 3. The Kier molecular flexibility index (Phi) is 7.05. The molecule has 3 N–H and O–H groups in total. The lowest BCUT2D eigenvalue weighted by atomic mass is 10.1. The van der Waals surface area contributed by atoms with Crippen LogP contribution in [0, 0.1) is 20.2 Å². The van der Waals surface area contributed by atoms with Gasteiger partial charge in [0, 0.05) is 25.2 Å². The minimum Gasteiger partial charge on any atom is -0.502 e. The number of aromatic hydroxyl groups is 1. The van der Waals surface area contributed by atoms with Crippen LogP contribution in [0.25, 0.3) is 17.1 Å². The Morgan fingerprint density at radius 1 is 1.15 bits per heavy atom. The lowest BCUT2D eigenvalue weighted by Gasteiger charge is -2.10. The molecule has 0 atom stereocenters. The number of nitro groups is 2. The van der Waals surface area contributed by atoms with Gasteiger partial charge in [-0.05, 0) is 28.5 Å². The van der Waals surface area contributed by atoms with Gasteiger partial charge < -0.3 is 25.2 Å². The van der Waals surface area contributed by atoms with E-state index in [9.17, 15) is 30.1 Å². The summed E-state index contributed by atoms with van der Waals surface area (Å²) >= 11 is 0. The number of phenols is 1. The summed E-state index contributed by atoms with van der Waals surface area (Å²) in [5, 5.41) is 45.2. The molecular formula is C19H18N6O9. The molecule has 3 aromatic rings. The molecule has 2 aromatic carbocycles. The van der Waals surface area contributed by atoms with Gasteiger partial charge in [-0.3, -0.25) is 25.0 Å². The number of aromatic nitrogens is 2. The lowest BCUT2D eigenvalue weighted by molar-refractivity contribution is -0.386. The van der Waals surface area contributed by atoms with Gasteiger partial charge in [0.05, 0.1) is 35.3 Å². The average Bonchev–Trinajstić information content (AvgIpc) is 3.30. The fraction of sp³-hybridized carbons (Fsp3) is 0.211. The summed E-state index contributed by atoms with van der Waals surface area (Å²) in [5.41, 5.74) is -0.222. The largest absolute Gasteiger partial charge is 0.502 e. The minimum atomic E-state index is -0.747. The third-order valence-electron chi connectivity index (χ3n) is 4.57. The summed E-state index contributed by atoms with van der Waals surface area (Å²) in [6, 6.07) is 3.90. The van der Waals surface area contributed by atoms with Crippen LogP contribution in [0.1, 0.15) is 5.56 Å². The first-order valence-corrected chi connectivity index (χ1v) is 9.50. The summed E-state index contributed by atoms with van der Waals surface area (Å²) in [6.45, 7) is 0.359. The van der Waals surface area contributed by atoms with E-state index in [4.69, 9.17) is 9.47 Å². The van der Waals surface area contributed by atoms with Gasteiger partial charge in [-0.15, -0.1) is 0 Å². The maximum absolute atomic E-state index is 12.2. The Bertz CT molecular complexity index is 1290. The number of nitrogens with one attached hydrogen (secondary N) is 2. The van der Waals surface area contributed by atoms with E-state index in [0.29, 0.717) is 5.69 Å². The molecule has 1 amide bonds. The number of carbonyl (C=O) groups is 1. The molecule has 0 saturated heterocycles. The van der Waals surface area contributed by atoms with E-state index in [1.807, 2.05) is 0 Å². The highest BCUT2D eigenvalue weighted by Gasteiger charge is 2.27. The number of amides is 1. The summed E-state index contributed by atoms with van der Waals surface area (Å²) < 4.78 is 14.5. The smallest absolute Gasteiger partial charge is 0.322 e. The summed E-state index contributed by atoms with van der Waals surface area (Å²) in [5.74, 6) is -1.56. The zero-order chi connectivity index (χ0) is 24.8. The molecule has 1 heterocycles. The number of nitro benzene ring substituents is 2. The summed E-state index contributed by atoms with van der Waals surface area (Å²) in [4.78, 5) is 33.3. The van der Waals surface area contributed by atoms with Gasteiger partial charge in [0.15, 0.2) is 11.3 Å². The number of nitrogens with zero attached hydrogens (tertiary/aromatic N) is 4. The zero-order valence-electron chi connectivity index (χ0n) is 17.8. The molecule has 0 radical (unpaired) electrons. The van der Waals surface area contributed by atoms with Gasteiger partial charge in [0.25, 0.3) is 0 Å². The number of non-ortho nitro benzene ring substituents is 1. The summed E-state index contributed by atoms with van der Waals surface area (Å²) in [6.07, 6.45) is 2.26. The normalized spacial score (nSPS) is 10.9. The Balaban J connectivity index is 1.65. The molecule has 1 aromatic heterocycles. The fourth-order valence-electron chi connectivity index (χ4n) is 3.05. The molecule has 0 aliphatic carbocycles. The molecule has 0 aliphatic heterocycles. The van der Waals surface area contributed by atoms with Crippen LogP contribution in [0.15, 0.2) is 28.9 Å². The standard InChI is InChI=1S/C19H18N6O9/c1-32-13-9-10(17(25(30)31)19(33-2)18(13)27)3-6-14(26)21-8-7-20-11-4-5-12(24(28)29)16-15(11)22-34-23-16/h3-6,9,20,27H,7-8H2,1-2H3,(H,21,26)/b6-3+. The fourth-order valence-corrected chi connectivity index (χ4v) is 3.05. The van der Waals surface area contributed by atoms with E-state index < -0.39 is 32.9 Å². The predicted octanol–water partition coefficient (Wildman–Crippen LogP) is 2.00. The molecule has 0 bridgehead atoms. The van der Waals surface area contributed by atoms with Crippen molar-refractivity contribution in [3.63, 3.8) is 0 Å². The number of ether oxygens (including phenoxy) is 2. The minimum absolute atomic E-state index is 0.0108. The van der Waals surface area contributed by atoms with Gasteiger partial charge in [-0.1, -0.05) is 0 Å². The predicted molar refractivity (Wildman–Crippen MR) is 117 cm³/mol. The molecule has 178 valence electrons. The maximum Gasteiger partial charge on any atom is 0.322 e. The first-order chi connectivity index (χ1) is 16.3. The number of carbonyl (C=O) groups excluding carboxylic acids is 1. The van der Waals surface area contributed by atoms with Gasteiger partial charge in [0.2, 0.25) is 22.9 Å². The van der Waals surface area contributed by atoms with Crippen LogP contribution in [-0.4, -0.2) is 58.5 Å².